The van der Waals surface area contributed by atoms with Crippen LogP contribution in [0.1, 0.15) is 31.1 Å². The number of halogens is 4. The molecule has 0 saturated carbocycles. The standard InChI is InChI=1S/C53H71F4N7O13S/c1-3-13-64(52(66)40-36-46-45(10-35-78-46)63-47(58)37-40)14-5-4-11-60-53(62-42-8-6-7-41(38-42)59-2)61-12-16-68-18-20-70-22-24-72-26-28-74-30-32-76-34-33-75-31-29-73-27-25-71-23-21-69-19-17-67-15-9-48(65)77-51-49(56)43(54)39-44(55)50(51)57/h6-8,10,35-36,38-39H,2-3,9,11-34,37H2,1H3,(H2,58,63)(H2,60,61,62). The molecule has 1 aliphatic rings. The summed E-state index contributed by atoms with van der Waals surface area (Å²) >= 11 is 1.52. The summed E-state index contributed by atoms with van der Waals surface area (Å²) in [6.45, 7) is 13.9. The first-order chi connectivity index (χ1) is 38.1. The number of carbonyl (C=O) groups is 2. The van der Waals surface area contributed by atoms with E-state index < -0.39 is 41.4 Å². The SMILES string of the molecule is C=Nc1cccc(NC(=NCCOCCOCCOCCOCCOCCOCCOCCOCCOCCOCCC(=O)Oc2c(F)c(F)cc(F)c2F)NCC#CCN(CCC)C(=O)C2=Cc3sccc3N=C(N)C2)c1. The maximum atomic E-state index is 13.6. The van der Waals surface area contributed by atoms with Crippen LogP contribution >= 0.6 is 11.3 Å². The first kappa shape index (κ1) is 64.6. The van der Waals surface area contributed by atoms with Crippen LogP contribution < -0.4 is 21.1 Å². The van der Waals surface area contributed by atoms with Gasteiger partial charge in [0.15, 0.2) is 17.6 Å². The number of ether oxygens (including phenoxy) is 11. The third-order valence-electron chi connectivity index (χ3n) is 10.3. The molecule has 430 valence electrons. The predicted molar refractivity (Wildman–Crippen MR) is 287 cm³/mol. The van der Waals surface area contributed by atoms with Crippen molar-refractivity contribution in [3.8, 4) is 17.6 Å². The summed E-state index contributed by atoms with van der Waals surface area (Å²) in [5, 5.41) is 8.44. The van der Waals surface area contributed by atoms with E-state index in [-0.39, 0.29) is 57.9 Å². The number of nitrogens with one attached hydrogen (secondary N) is 2. The quantitative estimate of drug-likeness (QED) is 0.00882. The zero-order chi connectivity index (χ0) is 55.8. The lowest BCUT2D eigenvalue weighted by molar-refractivity contribution is -0.136. The summed E-state index contributed by atoms with van der Waals surface area (Å²) < 4.78 is 113. The summed E-state index contributed by atoms with van der Waals surface area (Å²) in [6, 6.07) is 9.38. The highest BCUT2D eigenvalue weighted by Gasteiger charge is 2.24. The minimum absolute atomic E-state index is 0.0157. The van der Waals surface area contributed by atoms with Crippen molar-refractivity contribution in [3.05, 3.63) is 75.5 Å². The smallest absolute Gasteiger partial charge is 0.313 e. The molecular formula is C53H71F4N7O13S. The summed E-state index contributed by atoms with van der Waals surface area (Å²) in [7, 11) is 0. The normalized spacial score (nSPS) is 12.2. The van der Waals surface area contributed by atoms with Gasteiger partial charge in [0.25, 0.3) is 5.91 Å². The van der Waals surface area contributed by atoms with Gasteiger partial charge in [0.2, 0.25) is 17.4 Å². The number of anilines is 1. The molecule has 0 saturated heterocycles. The van der Waals surface area contributed by atoms with Gasteiger partial charge in [0.1, 0.15) is 5.84 Å². The Labute approximate surface area is 456 Å². The van der Waals surface area contributed by atoms with Gasteiger partial charge >= 0.3 is 5.97 Å². The van der Waals surface area contributed by atoms with Gasteiger partial charge in [-0.25, -0.2) is 13.8 Å². The Balaban J connectivity index is 0.903. The van der Waals surface area contributed by atoms with Crippen LogP contribution in [0.5, 0.6) is 5.75 Å². The van der Waals surface area contributed by atoms with Gasteiger partial charge < -0.3 is 73.4 Å². The molecule has 0 unspecified atom stereocenters. The number of amidine groups is 1. The fourth-order valence-corrected chi connectivity index (χ4v) is 7.33. The molecule has 25 heteroatoms. The number of amides is 1. The van der Waals surface area contributed by atoms with Gasteiger partial charge in [-0.1, -0.05) is 24.8 Å². The molecule has 4 rings (SSSR count). The molecule has 0 bridgehead atoms. The fraction of sp³-hybridized carbons (Fsp3) is 0.528. The van der Waals surface area contributed by atoms with Crippen LogP contribution in [-0.2, 0) is 57.0 Å². The van der Waals surface area contributed by atoms with E-state index >= 15 is 0 Å². The highest BCUT2D eigenvalue weighted by molar-refractivity contribution is 7.11. The van der Waals surface area contributed by atoms with Crippen molar-refractivity contribution in [2.45, 2.75) is 26.2 Å². The maximum Gasteiger partial charge on any atom is 0.313 e. The van der Waals surface area contributed by atoms with E-state index in [1.54, 1.807) is 4.90 Å². The lowest BCUT2D eigenvalue weighted by atomic mass is 10.1. The molecule has 1 aliphatic heterocycles. The summed E-state index contributed by atoms with van der Waals surface area (Å²) in [5.41, 5.74) is 8.99. The van der Waals surface area contributed by atoms with Crippen LogP contribution in [0.3, 0.4) is 0 Å². The van der Waals surface area contributed by atoms with Crippen LogP contribution in [0.15, 0.2) is 62.3 Å². The molecule has 78 heavy (non-hydrogen) atoms. The maximum absolute atomic E-state index is 13.6. The average molecular weight is 1120 g/mol. The van der Waals surface area contributed by atoms with E-state index in [0.717, 1.165) is 22.7 Å². The highest BCUT2D eigenvalue weighted by atomic mass is 32.1. The van der Waals surface area contributed by atoms with E-state index in [1.165, 1.54) is 11.3 Å². The van der Waals surface area contributed by atoms with Gasteiger partial charge in [-0.15, -0.1) is 11.3 Å². The lowest BCUT2D eigenvalue weighted by Gasteiger charge is -2.21. The first-order valence-corrected chi connectivity index (χ1v) is 26.3. The molecule has 0 radical (unpaired) electrons. The number of guanidine groups is 1. The largest absolute Gasteiger partial charge is 0.420 e. The number of carbonyl (C=O) groups excluding carboxylic acids is 2. The molecule has 0 atom stereocenters. The van der Waals surface area contributed by atoms with Gasteiger partial charge in [0, 0.05) is 30.3 Å². The average Bonchev–Trinajstić information content (AvgIpc) is 3.80. The number of thiophene rings is 1. The van der Waals surface area contributed by atoms with Gasteiger partial charge in [0.05, 0.1) is 174 Å². The van der Waals surface area contributed by atoms with Crippen molar-refractivity contribution < 1.29 is 79.3 Å². The number of hydrogen-bond acceptors (Lipinski definition) is 18. The summed E-state index contributed by atoms with van der Waals surface area (Å²) in [4.78, 5) is 41.0. The minimum Gasteiger partial charge on any atom is -0.420 e. The zero-order valence-corrected chi connectivity index (χ0v) is 44.8. The summed E-state index contributed by atoms with van der Waals surface area (Å²) in [5.74, 6) is -2.48. The Hall–Kier alpha value is -5.89. The number of nitrogens with zero attached hydrogens (tertiary/aromatic N) is 4. The Bertz CT molecular complexity index is 2380. The molecule has 20 nitrogen and oxygen atoms in total. The molecule has 0 aliphatic carbocycles. The summed E-state index contributed by atoms with van der Waals surface area (Å²) in [6.07, 6.45) is 2.54. The van der Waals surface area contributed by atoms with E-state index in [0.29, 0.717) is 142 Å². The molecule has 2 heterocycles. The van der Waals surface area contributed by atoms with E-state index in [9.17, 15) is 27.2 Å². The van der Waals surface area contributed by atoms with Crippen LogP contribution in [-0.4, -0.2) is 194 Å². The second-order valence-corrected chi connectivity index (χ2v) is 17.2. The number of esters is 1. The predicted octanol–water partition coefficient (Wildman–Crippen LogP) is 5.87. The number of hydrogen-bond donors (Lipinski definition) is 3. The van der Waals surface area contributed by atoms with E-state index in [1.807, 2.05) is 48.7 Å². The van der Waals surface area contributed by atoms with Crippen molar-refractivity contribution in [1.82, 2.24) is 10.2 Å². The number of rotatable bonds is 41. The van der Waals surface area contributed by atoms with Crippen molar-refractivity contribution in [2.75, 3.05) is 164 Å². The van der Waals surface area contributed by atoms with Crippen molar-refractivity contribution >= 4 is 64.9 Å². The molecule has 1 aromatic heterocycles. The van der Waals surface area contributed by atoms with Gasteiger partial charge in [-0.05, 0) is 48.9 Å². The molecule has 4 N–H and O–H groups in total. The van der Waals surface area contributed by atoms with Crippen LogP contribution in [0, 0.1) is 35.1 Å². The first-order valence-electron chi connectivity index (χ1n) is 25.4. The fourth-order valence-electron chi connectivity index (χ4n) is 6.54. The highest BCUT2D eigenvalue weighted by Crippen LogP contribution is 2.31. The zero-order valence-electron chi connectivity index (χ0n) is 44.0. The number of nitrogens with two attached hydrogens (primary N) is 1. The number of aliphatic imine (C=N–C) groups is 3. The van der Waals surface area contributed by atoms with E-state index in [2.05, 4.69) is 48.9 Å². The molecule has 1 amide bonds. The van der Waals surface area contributed by atoms with Crippen molar-refractivity contribution in [1.29, 1.82) is 0 Å². The Morgan fingerprint density at radius 1 is 0.731 bits per heavy atom. The molecular weight excluding hydrogens is 1050 g/mol. The molecule has 0 spiro atoms. The van der Waals surface area contributed by atoms with Crippen molar-refractivity contribution in [2.24, 2.45) is 20.7 Å². The Morgan fingerprint density at radius 2 is 1.26 bits per heavy atom. The number of benzene rings is 2. The monoisotopic (exact) mass is 1120 g/mol. The third kappa shape index (κ3) is 27.1. The third-order valence-corrected chi connectivity index (χ3v) is 11.1. The van der Waals surface area contributed by atoms with Crippen LogP contribution in [0.4, 0.5) is 34.6 Å². The van der Waals surface area contributed by atoms with Crippen LogP contribution in [0.2, 0.25) is 0 Å². The molecule has 3 aromatic rings. The van der Waals surface area contributed by atoms with Crippen molar-refractivity contribution in [3.63, 3.8) is 0 Å². The topological polar surface area (TPSA) is 226 Å². The number of fused-ring (bicyclic) bond motifs is 1. The Kier molecular flexibility index (Phi) is 33.4. The van der Waals surface area contributed by atoms with Gasteiger partial charge in [-0.3, -0.25) is 19.6 Å². The van der Waals surface area contributed by atoms with E-state index in [4.69, 9.17) is 53.1 Å². The minimum atomic E-state index is -1.80. The second kappa shape index (κ2) is 40.3. The lowest BCUT2D eigenvalue weighted by Crippen LogP contribution is -2.34. The van der Waals surface area contributed by atoms with Gasteiger partial charge in [-0.2, -0.15) is 8.78 Å². The molecule has 2 aromatic carbocycles. The second-order valence-electron chi connectivity index (χ2n) is 16.3. The molecule has 0 fully saturated rings. The Morgan fingerprint density at radius 3 is 1.78 bits per heavy atom. The van der Waals surface area contributed by atoms with Crippen LogP contribution in [0.25, 0.3) is 6.08 Å².